The van der Waals surface area contributed by atoms with E-state index in [1.54, 1.807) is 21.9 Å². The van der Waals surface area contributed by atoms with E-state index in [9.17, 15) is 22.8 Å². The molecule has 0 saturated heterocycles. The van der Waals surface area contributed by atoms with E-state index in [2.05, 4.69) is 4.98 Å². The molecular formula is C18H19F3N4O2. The monoisotopic (exact) mass is 380 g/mol. The lowest BCUT2D eigenvalue weighted by molar-refractivity contribution is -0.149. The fourth-order valence-electron chi connectivity index (χ4n) is 2.99. The quantitative estimate of drug-likeness (QED) is 0.866. The van der Waals surface area contributed by atoms with E-state index >= 15 is 0 Å². The maximum absolute atomic E-state index is 12.7. The predicted octanol–water partition coefficient (Wildman–Crippen LogP) is 2.30. The molecule has 1 aromatic heterocycles. The maximum Gasteiger partial charge on any atom is 0.408 e. The van der Waals surface area contributed by atoms with Crippen LogP contribution in [0.1, 0.15) is 38.9 Å². The SMILES string of the molecule is C[C@@H](NC(=O)c1cccc2c1CN(CCc1cn(C)cn1)C2=O)C(F)(F)F. The fourth-order valence-corrected chi connectivity index (χ4v) is 2.99. The van der Waals surface area contributed by atoms with Crippen molar-refractivity contribution in [3.63, 3.8) is 0 Å². The summed E-state index contributed by atoms with van der Waals surface area (Å²) in [6.07, 6.45) is -0.462. The molecule has 0 bridgehead atoms. The number of rotatable bonds is 5. The van der Waals surface area contributed by atoms with Crippen molar-refractivity contribution in [3.05, 3.63) is 53.1 Å². The lowest BCUT2D eigenvalue weighted by atomic mass is 10.0. The number of aryl methyl sites for hydroxylation is 1. The number of hydrogen-bond acceptors (Lipinski definition) is 3. The summed E-state index contributed by atoms with van der Waals surface area (Å²) in [4.78, 5) is 30.7. The second-order valence-corrected chi connectivity index (χ2v) is 6.58. The van der Waals surface area contributed by atoms with Crippen molar-refractivity contribution in [2.24, 2.45) is 7.05 Å². The third-order valence-electron chi connectivity index (χ3n) is 4.52. The average molecular weight is 380 g/mol. The summed E-state index contributed by atoms with van der Waals surface area (Å²) in [7, 11) is 1.85. The van der Waals surface area contributed by atoms with Gasteiger partial charge in [0.05, 0.1) is 12.0 Å². The molecule has 6 nitrogen and oxygen atoms in total. The molecule has 0 saturated carbocycles. The number of nitrogens with one attached hydrogen (secondary N) is 1. The van der Waals surface area contributed by atoms with Gasteiger partial charge in [0, 0.05) is 43.9 Å². The zero-order valence-electron chi connectivity index (χ0n) is 14.9. The van der Waals surface area contributed by atoms with Gasteiger partial charge in [0.25, 0.3) is 11.8 Å². The van der Waals surface area contributed by atoms with Crippen LogP contribution in [0.15, 0.2) is 30.7 Å². The van der Waals surface area contributed by atoms with Crippen molar-refractivity contribution in [2.45, 2.75) is 32.1 Å². The first-order valence-corrected chi connectivity index (χ1v) is 8.42. The van der Waals surface area contributed by atoms with Crippen molar-refractivity contribution in [1.82, 2.24) is 19.8 Å². The van der Waals surface area contributed by atoms with E-state index in [1.807, 2.05) is 18.6 Å². The molecule has 1 N–H and O–H groups in total. The number of hydrogen-bond donors (Lipinski definition) is 1. The first-order chi connectivity index (χ1) is 12.7. The van der Waals surface area contributed by atoms with Gasteiger partial charge >= 0.3 is 6.18 Å². The Morgan fingerprint density at radius 2 is 2.11 bits per heavy atom. The van der Waals surface area contributed by atoms with Crippen LogP contribution in [0.5, 0.6) is 0 Å². The highest BCUT2D eigenvalue weighted by Gasteiger charge is 2.38. The van der Waals surface area contributed by atoms with Gasteiger partial charge in [0.2, 0.25) is 0 Å². The molecule has 0 aliphatic carbocycles. The van der Waals surface area contributed by atoms with Crippen molar-refractivity contribution >= 4 is 11.8 Å². The summed E-state index contributed by atoms with van der Waals surface area (Å²) in [6, 6.07) is 2.56. The number of aromatic nitrogens is 2. The third-order valence-corrected chi connectivity index (χ3v) is 4.52. The Hall–Kier alpha value is -2.84. The highest BCUT2D eigenvalue weighted by atomic mass is 19.4. The number of fused-ring (bicyclic) bond motifs is 1. The first-order valence-electron chi connectivity index (χ1n) is 8.42. The van der Waals surface area contributed by atoms with E-state index < -0.39 is 18.1 Å². The minimum atomic E-state index is -4.53. The second-order valence-electron chi connectivity index (χ2n) is 6.58. The van der Waals surface area contributed by atoms with Crippen LogP contribution in [0, 0.1) is 0 Å². The van der Waals surface area contributed by atoms with Crippen LogP contribution in [0.2, 0.25) is 0 Å². The van der Waals surface area contributed by atoms with E-state index in [0.717, 1.165) is 12.6 Å². The molecule has 2 heterocycles. The minimum absolute atomic E-state index is 0.0947. The molecule has 0 spiro atoms. The van der Waals surface area contributed by atoms with Crippen molar-refractivity contribution in [1.29, 1.82) is 0 Å². The molecule has 0 radical (unpaired) electrons. The Balaban J connectivity index is 1.74. The lowest BCUT2D eigenvalue weighted by Gasteiger charge is -2.18. The Labute approximate surface area is 154 Å². The highest BCUT2D eigenvalue weighted by Crippen LogP contribution is 2.27. The molecule has 1 atom stereocenters. The van der Waals surface area contributed by atoms with Crippen LogP contribution < -0.4 is 5.32 Å². The van der Waals surface area contributed by atoms with Gasteiger partial charge in [0.1, 0.15) is 6.04 Å². The van der Waals surface area contributed by atoms with Crippen molar-refractivity contribution < 1.29 is 22.8 Å². The van der Waals surface area contributed by atoms with Crippen LogP contribution in [0.4, 0.5) is 13.2 Å². The van der Waals surface area contributed by atoms with Gasteiger partial charge < -0.3 is 14.8 Å². The summed E-state index contributed by atoms with van der Waals surface area (Å²) < 4.78 is 39.9. The van der Waals surface area contributed by atoms with Gasteiger partial charge in [-0.2, -0.15) is 13.2 Å². The molecule has 2 amide bonds. The number of amides is 2. The number of benzene rings is 1. The standard InChI is InChI=1S/C18H19F3N4O2/c1-11(18(19,20)21)23-16(26)13-4-3-5-14-15(13)9-25(17(14)27)7-6-12-8-24(2)10-22-12/h3-5,8,10-11H,6-7,9H2,1-2H3,(H,23,26)/t11-/m1/s1. The first kappa shape index (κ1) is 18.9. The van der Waals surface area contributed by atoms with Gasteiger partial charge in [-0.25, -0.2) is 4.98 Å². The van der Waals surface area contributed by atoms with E-state index in [4.69, 9.17) is 0 Å². The van der Waals surface area contributed by atoms with Gasteiger partial charge in [-0.1, -0.05) is 6.07 Å². The zero-order valence-corrected chi connectivity index (χ0v) is 14.9. The highest BCUT2D eigenvalue weighted by molar-refractivity contribution is 6.04. The van der Waals surface area contributed by atoms with Gasteiger partial charge in [-0.15, -0.1) is 0 Å². The summed E-state index contributed by atoms with van der Waals surface area (Å²) in [5.74, 6) is -1.07. The Kier molecular flexibility index (Phi) is 4.95. The van der Waals surface area contributed by atoms with E-state index in [1.165, 1.54) is 12.1 Å². The number of imidazole rings is 1. The van der Waals surface area contributed by atoms with Crippen LogP contribution >= 0.6 is 0 Å². The molecule has 1 aromatic carbocycles. The predicted molar refractivity (Wildman–Crippen MR) is 91.1 cm³/mol. The van der Waals surface area contributed by atoms with Gasteiger partial charge in [-0.05, 0) is 24.6 Å². The molecule has 9 heteroatoms. The maximum atomic E-state index is 12.7. The molecule has 27 heavy (non-hydrogen) atoms. The molecule has 2 aromatic rings. The van der Waals surface area contributed by atoms with Crippen molar-refractivity contribution in [3.8, 4) is 0 Å². The van der Waals surface area contributed by atoms with Crippen LogP contribution in [0.3, 0.4) is 0 Å². The van der Waals surface area contributed by atoms with Crippen molar-refractivity contribution in [2.75, 3.05) is 6.54 Å². The smallest absolute Gasteiger partial charge is 0.341 e. The Morgan fingerprint density at radius 1 is 1.37 bits per heavy atom. The molecule has 3 rings (SSSR count). The molecule has 1 aliphatic rings. The summed E-state index contributed by atoms with van der Waals surface area (Å²) in [5.41, 5.74) is 1.73. The summed E-state index contributed by atoms with van der Waals surface area (Å²) >= 11 is 0. The molecule has 0 unspecified atom stereocenters. The van der Waals surface area contributed by atoms with E-state index in [-0.39, 0.29) is 18.0 Å². The number of alkyl halides is 3. The molecule has 144 valence electrons. The number of carbonyl (C=O) groups is 2. The summed E-state index contributed by atoms with van der Waals surface area (Å²) in [5, 5.41) is 1.95. The van der Waals surface area contributed by atoms with Gasteiger partial charge in [-0.3, -0.25) is 9.59 Å². The van der Waals surface area contributed by atoms with Crippen LogP contribution in [-0.4, -0.2) is 45.0 Å². The van der Waals surface area contributed by atoms with E-state index in [0.29, 0.717) is 24.1 Å². The number of carbonyl (C=O) groups excluding carboxylic acids is 2. The Bertz CT molecular complexity index is 876. The molecule has 1 aliphatic heterocycles. The zero-order chi connectivity index (χ0) is 19.8. The van der Waals surface area contributed by atoms with Gasteiger partial charge in [0.15, 0.2) is 0 Å². The average Bonchev–Trinajstić information content (AvgIpc) is 3.15. The second kappa shape index (κ2) is 7.05. The Morgan fingerprint density at radius 3 is 2.74 bits per heavy atom. The lowest BCUT2D eigenvalue weighted by Crippen LogP contribution is -2.43. The topological polar surface area (TPSA) is 67.2 Å². The number of nitrogens with zero attached hydrogens (tertiary/aromatic N) is 3. The largest absolute Gasteiger partial charge is 0.408 e. The fraction of sp³-hybridized carbons (Fsp3) is 0.389. The van der Waals surface area contributed by atoms with Crippen LogP contribution in [-0.2, 0) is 20.0 Å². The van der Waals surface area contributed by atoms with Crippen LogP contribution in [0.25, 0.3) is 0 Å². The normalized spacial score (nSPS) is 15.0. The minimum Gasteiger partial charge on any atom is -0.341 e. The summed E-state index contributed by atoms with van der Waals surface area (Å²) in [6.45, 7) is 1.47. The molecular weight excluding hydrogens is 361 g/mol. The molecule has 0 fully saturated rings. The third kappa shape index (κ3) is 3.96. The number of halogens is 3.